The number of hydrogen-bond acceptors (Lipinski definition) is 2. The van der Waals surface area contributed by atoms with Crippen molar-refractivity contribution < 1.29 is 14.7 Å². The van der Waals surface area contributed by atoms with E-state index in [1.807, 2.05) is 54.7 Å². The molecule has 5 nitrogen and oxygen atoms in total. The number of aromatic nitrogens is 1. The lowest BCUT2D eigenvalue weighted by Crippen LogP contribution is -2.42. The molecule has 1 atom stereocenters. The number of amides is 1. The molecule has 0 saturated heterocycles. The zero-order valence-corrected chi connectivity index (χ0v) is 14.4. The van der Waals surface area contributed by atoms with Crippen LogP contribution in [0.25, 0.3) is 10.9 Å². The zero-order valence-electron chi connectivity index (χ0n) is 14.4. The Balaban J connectivity index is 1.51. The topological polar surface area (TPSA) is 82.2 Å². The fraction of sp³-hybridized carbons (Fsp3) is 0.238. The molecule has 0 bridgehead atoms. The molecule has 1 aromatic heterocycles. The first-order valence-corrected chi connectivity index (χ1v) is 8.74. The molecule has 0 aliphatic carbocycles. The van der Waals surface area contributed by atoms with E-state index >= 15 is 0 Å². The van der Waals surface area contributed by atoms with Crippen LogP contribution < -0.4 is 5.32 Å². The largest absolute Gasteiger partial charge is 0.480 e. The van der Waals surface area contributed by atoms with Crippen molar-refractivity contribution >= 4 is 22.8 Å². The van der Waals surface area contributed by atoms with Crippen molar-refractivity contribution in [3.63, 3.8) is 0 Å². The Morgan fingerprint density at radius 3 is 2.54 bits per heavy atom. The number of aromatic amines is 1. The predicted octanol–water partition coefficient (Wildman–Crippen LogP) is 3.30. The summed E-state index contributed by atoms with van der Waals surface area (Å²) in [5.41, 5.74) is 3.15. The number of aryl methyl sites for hydroxylation is 1. The highest BCUT2D eigenvalue weighted by molar-refractivity contribution is 5.84. The third kappa shape index (κ3) is 4.51. The second-order valence-corrected chi connectivity index (χ2v) is 6.36. The molecule has 3 rings (SSSR count). The molecule has 0 aliphatic heterocycles. The molecule has 3 aromatic rings. The Morgan fingerprint density at radius 2 is 1.77 bits per heavy atom. The van der Waals surface area contributed by atoms with E-state index in [1.54, 1.807) is 0 Å². The van der Waals surface area contributed by atoms with Crippen LogP contribution >= 0.6 is 0 Å². The number of carboxylic acids is 1. The first kappa shape index (κ1) is 17.7. The average molecular weight is 350 g/mol. The van der Waals surface area contributed by atoms with Gasteiger partial charge in [-0.15, -0.1) is 0 Å². The number of carbonyl (C=O) groups is 2. The van der Waals surface area contributed by atoms with Crippen molar-refractivity contribution in [1.82, 2.24) is 10.3 Å². The lowest BCUT2D eigenvalue weighted by Gasteiger charge is -2.14. The molecule has 0 saturated carbocycles. The Labute approximate surface area is 152 Å². The summed E-state index contributed by atoms with van der Waals surface area (Å²) >= 11 is 0. The van der Waals surface area contributed by atoms with Crippen molar-refractivity contribution in [1.29, 1.82) is 0 Å². The first-order valence-electron chi connectivity index (χ1n) is 8.74. The zero-order chi connectivity index (χ0) is 18.4. The van der Waals surface area contributed by atoms with E-state index in [0.717, 1.165) is 17.5 Å². The van der Waals surface area contributed by atoms with E-state index in [-0.39, 0.29) is 12.3 Å². The molecular formula is C21H22N2O3. The summed E-state index contributed by atoms with van der Waals surface area (Å²) in [7, 11) is 0. The Morgan fingerprint density at radius 1 is 1.04 bits per heavy atom. The SMILES string of the molecule is O=C(CCCc1c[nH]c2ccccc12)N[C@@H](Cc1ccccc1)C(=O)O. The number of aliphatic carboxylic acids is 1. The van der Waals surface area contributed by atoms with E-state index in [0.29, 0.717) is 12.8 Å². The highest BCUT2D eigenvalue weighted by Crippen LogP contribution is 2.19. The van der Waals surface area contributed by atoms with E-state index in [1.165, 1.54) is 10.9 Å². The highest BCUT2D eigenvalue weighted by Gasteiger charge is 2.20. The van der Waals surface area contributed by atoms with Gasteiger partial charge in [0.05, 0.1) is 0 Å². The third-order valence-corrected chi connectivity index (χ3v) is 4.44. The van der Waals surface area contributed by atoms with Gasteiger partial charge in [-0.05, 0) is 30.0 Å². The summed E-state index contributed by atoms with van der Waals surface area (Å²) in [5, 5.41) is 13.2. The maximum Gasteiger partial charge on any atom is 0.326 e. The molecule has 134 valence electrons. The molecule has 0 radical (unpaired) electrons. The number of carbonyl (C=O) groups excluding carboxylic acids is 1. The number of rotatable bonds is 8. The van der Waals surface area contributed by atoms with Gasteiger partial charge in [0.25, 0.3) is 0 Å². The van der Waals surface area contributed by atoms with Gasteiger partial charge in [0.2, 0.25) is 5.91 Å². The molecule has 5 heteroatoms. The van der Waals surface area contributed by atoms with E-state index in [4.69, 9.17) is 0 Å². The van der Waals surface area contributed by atoms with Crippen molar-refractivity contribution in [3.8, 4) is 0 Å². The van der Waals surface area contributed by atoms with Crippen molar-refractivity contribution in [3.05, 3.63) is 71.9 Å². The highest BCUT2D eigenvalue weighted by atomic mass is 16.4. The summed E-state index contributed by atoms with van der Waals surface area (Å²) in [4.78, 5) is 26.8. The molecule has 26 heavy (non-hydrogen) atoms. The van der Waals surface area contributed by atoms with Gasteiger partial charge in [-0.1, -0.05) is 48.5 Å². The van der Waals surface area contributed by atoms with Crippen LogP contribution in [0.3, 0.4) is 0 Å². The summed E-state index contributed by atoms with van der Waals surface area (Å²) in [6.07, 6.45) is 4.00. The van der Waals surface area contributed by atoms with Gasteiger partial charge in [-0.25, -0.2) is 4.79 Å². The van der Waals surface area contributed by atoms with E-state index in [2.05, 4.69) is 16.4 Å². The fourth-order valence-electron chi connectivity index (χ4n) is 3.09. The van der Waals surface area contributed by atoms with Crippen LogP contribution in [-0.4, -0.2) is 28.0 Å². The van der Waals surface area contributed by atoms with Gasteiger partial charge >= 0.3 is 5.97 Å². The summed E-state index contributed by atoms with van der Waals surface area (Å²) in [6.45, 7) is 0. The Bertz CT molecular complexity index is 886. The minimum atomic E-state index is -1.01. The second-order valence-electron chi connectivity index (χ2n) is 6.36. The minimum Gasteiger partial charge on any atom is -0.480 e. The van der Waals surface area contributed by atoms with Crippen LogP contribution in [0.15, 0.2) is 60.8 Å². The van der Waals surface area contributed by atoms with Crippen LogP contribution in [0.4, 0.5) is 0 Å². The number of H-pyrrole nitrogens is 1. The molecule has 2 aromatic carbocycles. The molecular weight excluding hydrogens is 328 g/mol. The van der Waals surface area contributed by atoms with Crippen LogP contribution in [0.1, 0.15) is 24.0 Å². The molecule has 3 N–H and O–H groups in total. The molecule has 1 amide bonds. The number of nitrogens with one attached hydrogen (secondary N) is 2. The van der Waals surface area contributed by atoms with Gasteiger partial charge in [0, 0.05) is 29.9 Å². The van der Waals surface area contributed by atoms with Gasteiger partial charge in [-0.2, -0.15) is 0 Å². The maximum atomic E-state index is 12.2. The number of hydrogen-bond donors (Lipinski definition) is 3. The third-order valence-electron chi connectivity index (χ3n) is 4.44. The van der Waals surface area contributed by atoms with Crippen molar-refractivity contribution in [2.75, 3.05) is 0 Å². The number of para-hydroxylation sites is 1. The molecule has 0 unspecified atom stereocenters. The van der Waals surface area contributed by atoms with E-state index < -0.39 is 12.0 Å². The first-order chi connectivity index (χ1) is 12.6. The van der Waals surface area contributed by atoms with Crippen LogP contribution in [0.5, 0.6) is 0 Å². The van der Waals surface area contributed by atoms with Crippen LogP contribution in [0.2, 0.25) is 0 Å². The monoisotopic (exact) mass is 350 g/mol. The lowest BCUT2D eigenvalue weighted by molar-refractivity contribution is -0.141. The fourth-order valence-corrected chi connectivity index (χ4v) is 3.09. The minimum absolute atomic E-state index is 0.229. The molecule has 0 fully saturated rings. The predicted molar refractivity (Wildman–Crippen MR) is 101 cm³/mol. The standard InChI is InChI=1S/C21H22N2O3/c24-20(23-19(21(25)26)13-15-7-2-1-3-8-15)12-6-9-16-14-22-18-11-5-4-10-17(16)18/h1-5,7-8,10-11,14,19,22H,6,9,12-13H2,(H,23,24)(H,25,26)/t19-/m0/s1. The number of benzene rings is 2. The Kier molecular flexibility index (Phi) is 5.69. The van der Waals surface area contributed by atoms with Gasteiger partial charge < -0.3 is 15.4 Å². The normalized spacial score (nSPS) is 12.0. The quantitative estimate of drug-likeness (QED) is 0.583. The van der Waals surface area contributed by atoms with E-state index in [9.17, 15) is 14.7 Å². The summed E-state index contributed by atoms with van der Waals surface area (Å²) in [5.74, 6) is -1.24. The average Bonchev–Trinajstić information content (AvgIpc) is 3.05. The van der Waals surface area contributed by atoms with Gasteiger partial charge in [-0.3, -0.25) is 4.79 Å². The van der Waals surface area contributed by atoms with Gasteiger partial charge in [0.1, 0.15) is 6.04 Å². The van der Waals surface area contributed by atoms with Crippen molar-refractivity contribution in [2.24, 2.45) is 0 Å². The molecule has 0 aliphatic rings. The van der Waals surface area contributed by atoms with Crippen molar-refractivity contribution in [2.45, 2.75) is 31.7 Å². The smallest absolute Gasteiger partial charge is 0.326 e. The summed E-state index contributed by atoms with van der Waals surface area (Å²) < 4.78 is 0. The van der Waals surface area contributed by atoms with Gasteiger partial charge in [0.15, 0.2) is 0 Å². The maximum absolute atomic E-state index is 12.2. The summed E-state index contributed by atoms with van der Waals surface area (Å²) in [6, 6.07) is 16.5. The van der Waals surface area contributed by atoms with Crippen LogP contribution in [-0.2, 0) is 22.4 Å². The Hall–Kier alpha value is -3.08. The number of carboxylic acid groups (broad SMARTS) is 1. The molecule has 1 heterocycles. The number of fused-ring (bicyclic) bond motifs is 1. The lowest BCUT2D eigenvalue weighted by atomic mass is 10.0. The molecule has 0 spiro atoms. The van der Waals surface area contributed by atoms with Crippen LogP contribution in [0, 0.1) is 0 Å². The second kappa shape index (κ2) is 8.34.